The summed E-state index contributed by atoms with van der Waals surface area (Å²) in [5, 5.41) is 11.2. The van der Waals surface area contributed by atoms with Crippen molar-refractivity contribution in [2.45, 2.75) is 25.3 Å². The molecule has 2 aromatic heterocycles. The fourth-order valence-electron chi connectivity index (χ4n) is 3.74. The average Bonchev–Trinajstić information content (AvgIpc) is 3.43. The second kappa shape index (κ2) is 8.16. The molecule has 1 aliphatic rings. The molecule has 0 amide bonds. The number of anilines is 4. The Labute approximate surface area is 183 Å². The summed E-state index contributed by atoms with van der Waals surface area (Å²) in [6.07, 6.45) is 2.96. The van der Waals surface area contributed by atoms with Gasteiger partial charge in [0.1, 0.15) is 0 Å². The smallest absolute Gasteiger partial charge is 0.229 e. The fraction of sp³-hybridized carbons (Fsp3) is 0.227. The van der Waals surface area contributed by atoms with Crippen molar-refractivity contribution in [3.8, 4) is 0 Å². The van der Waals surface area contributed by atoms with Gasteiger partial charge >= 0.3 is 0 Å². The molecule has 1 aliphatic heterocycles. The number of nitrogens with zero attached hydrogens (tertiary/aromatic N) is 5. The Bertz CT molecular complexity index is 1240. The van der Waals surface area contributed by atoms with Crippen LogP contribution in [0.25, 0.3) is 10.9 Å². The minimum absolute atomic E-state index is 0.224. The molecule has 0 unspecified atom stereocenters. The largest absolute Gasteiger partial charge is 0.324 e. The van der Waals surface area contributed by atoms with E-state index in [0.29, 0.717) is 12.5 Å². The lowest BCUT2D eigenvalue weighted by Gasteiger charge is -2.23. The van der Waals surface area contributed by atoms with Crippen LogP contribution in [0.5, 0.6) is 0 Å². The van der Waals surface area contributed by atoms with E-state index in [2.05, 4.69) is 48.8 Å². The van der Waals surface area contributed by atoms with Crippen LogP contribution in [0.15, 0.2) is 53.7 Å². The summed E-state index contributed by atoms with van der Waals surface area (Å²) in [6.45, 7) is 6.59. The molecule has 0 spiro atoms. The summed E-state index contributed by atoms with van der Waals surface area (Å²) in [5.41, 5.74) is 3.91. The highest BCUT2D eigenvalue weighted by molar-refractivity contribution is 7.97. The highest BCUT2D eigenvalue weighted by Gasteiger charge is 2.20. The number of fused-ring (bicyclic) bond motifs is 2. The maximum Gasteiger partial charge on any atom is 0.229 e. The van der Waals surface area contributed by atoms with Gasteiger partial charge in [0.2, 0.25) is 5.95 Å². The van der Waals surface area contributed by atoms with E-state index < -0.39 is 5.82 Å². The van der Waals surface area contributed by atoms with Gasteiger partial charge in [0.05, 0.1) is 23.6 Å². The molecule has 0 aliphatic carbocycles. The van der Waals surface area contributed by atoms with Gasteiger partial charge in [-0.2, -0.15) is 10.1 Å². The van der Waals surface area contributed by atoms with Crippen LogP contribution in [0, 0.1) is 5.82 Å². The SMILES string of the molecule is CCN1Cc2ccc(Nc3ncc(F)c(N(CC)c4cccc5[nH]ncc45)n3)cc2S1. The minimum Gasteiger partial charge on any atom is -0.324 e. The van der Waals surface area contributed by atoms with Crippen molar-refractivity contribution in [1.82, 2.24) is 24.5 Å². The molecule has 3 heterocycles. The van der Waals surface area contributed by atoms with E-state index in [4.69, 9.17) is 0 Å². The number of halogens is 1. The predicted octanol–water partition coefficient (Wildman–Crippen LogP) is 5.24. The van der Waals surface area contributed by atoms with Crippen LogP contribution in [0.4, 0.5) is 27.5 Å². The maximum atomic E-state index is 14.8. The number of H-pyrrole nitrogens is 1. The highest BCUT2D eigenvalue weighted by atomic mass is 32.2. The molecular formula is C22H22FN7S. The van der Waals surface area contributed by atoms with E-state index in [1.807, 2.05) is 36.1 Å². The lowest BCUT2D eigenvalue weighted by molar-refractivity contribution is 0.507. The normalized spacial score (nSPS) is 13.5. The van der Waals surface area contributed by atoms with E-state index in [1.165, 1.54) is 16.7 Å². The molecule has 0 bridgehead atoms. The van der Waals surface area contributed by atoms with Gasteiger partial charge in [-0.05, 0) is 48.7 Å². The van der Waals surface area contributed by atoms with Crippen molar-refractivity contribution in [2.24, 2.45) is 0 Å². The minimum atomic E-state index is -0.476. The molecule has 31 heavy (non-hydrogen) atoms. The highest BCUT2D eigenvalue weighted by Crippen LogP contribution is 2.38. The molecule has 0 fully saturated rings. The third-order valence-electron chi connectivity index (χ3n) is 5.30. The number of nitrogens with one attached hydrogen (secondary N) is 2. The summed E-state index contributed by atoms with van der Waals surface area (Å²) in [5.74, 6) is 0.0990. The Balaban J connectivity index is 1.46. The Morgan fingerprint density at radius 2 is 2.13 bits per heavy atom. The molecule has 0 radical (unpaired) electrons. The topological polar surface area (TPSA) is 73.0 Å². The average molecular weight is 436 g/mol. The van der Waals surface area contributed by atoms with E-state index in [0.717, 1.165) is 35.4 Å². The fourth-order valence-corrected chi connectivity index (χ4v) is 4.78. The molecule has 0 saturated carbocycles. The molecule has 2 aromatic carbocycles. The van der Waals surface area contributed by atoms with E-state index in [1.54, 1.807) is 18.1 Å². The van der Waals surface area contributed by atoms with Crippen molar-refractivity contribution < 1.29 is 4.39 Å². The first-order chi connectivity index (χ1) is 15.2. The number of benzene rings is 2. The van der Waals surface area contributed by atoms with Gasteiger partial charge in [-0.15, -0.1) is 0 Å². The lowest BCUT2D eigenvalue weighted by Crippen LogP contribution is -2.20. The summed E-state index contributed by atoms with van der Waals surface area (Å²) >= 11 is 1.75. The van der Waals surface area contributed by atoms with E-state index in [9.17, 15) is 4.39 Å². The van der Waals surface area contributed by atoms with Gasteiger partial charge < -0.3 is 10.2 Å². The van der Waals surface area contributed by atoms with Gasteiger partial charge in [0, 0.05) is 35.6 Å². The van der Waals surface area contributed by atoms with E-state index >= 15 is 0 Å². The maximum absolute atomic E-state index is 14.8. The van der Waals surface area contributed by atoms with Gasteiger partial charge in [-0.1, -0.05) is 19.1 Å². The first-order valence-electron chi connectivity index (χ1n) is 10.2. The Kier molecular flexibility index (Phi) is 5.21. The van der Waals surface area contributed by atoms with Gasteiger partial charge in [0.25, 0.3) is 0 Å². The van der Waals surface area contributed by atoms with Gasteiger partial charge in [0.15, 0.2) is 11.6 Å². The first-order valence-corrected chi connectivity index (χ1v) is 11.0. The molecular weight excluding hydrogens is 413 g/mol. The summed E-state index contributed by atoms with van der Waals surface area (Å²) in [6, 6.07) is 12.0. The lowest BCUT2D eigenvalue weighted by atomic mass is 10.2. The van der Waals surface area contributed by atoms with Crippen molar-refractivity contribution in [3.05, 3.63) is 60.2 Å². The van der Waals surface area contributed by atoms with Crippen molar-refractivity contribution >= 4 is 46.0 Å². The third kappa shape index (κ3) is 3.70. The zero-order valence-electron chi connectivity index (χ0n) is 17.3. The van der Waals surface area contributed by atoms with Gasteiger partial charge in [-0.25, -0.2) is 13.7 Å². The standard InChI is InChI=1S/C22H22FN7S/c1-3-29-13-14-8-9-15(10-20(14)31-29)26-22-24-12-17(23)21(27-22)30(4-2)19-7-5-6-18-16(19)11-25-28-18/h5-12H,3-4,13H2,1-2H3,(H,25,28)(H,24,26,27). The van der Waals surface area contributed by atoms with Crippen LogP contribution in [0.3, 0.4) is 0 Å². The predicted molar refractivity (Wildman–Crippen MR) is 122 cm³/mol. The van der Waals surface area contributed by atoms with Crippen LogP contribution in [0.2, 0.25) is 0 Å². The Hall–Kier alpha value is -3.17. The van der Waals surface area contributed by atoms with E-state index in [-0.39, 0.29) is 5.82 Å². The molecule has 9 heteroatoms. The molecule has 0 saturated heterocycles. The number of hydrogen-bond donors (Lipinski definition) is 2. The molecule has 2 N–H and O–H groups in total. The molecule has 5 rings (SSSR count). The zero-order chi connectivity index (χ0) is 21.4. The number of rotatable bonds is 6. The molecule has 4 aromatic rings. The van der Waals surface area contributed by atoms with Crippen molar-refractivity contribution in [3.63, 3.8) is 0 Å². The quantitative estimate of drug-likeness (QED) is 0.402. The van der Waals surface area contributed by atoms with Gasteiger partial charge in [-0.3, -0.25) is 5.10 Å². The van der Waals surface area contributed by atoms with Crippen LogP contribution < -0.4 is 10.2 Å². The van der Waals surface area contributed by atoms with Crippen LogP contribution in [-0.4, -0.2) is 37.6 Å². The summed E-state index contributed by atoms with van der Waals surface area (Å²) < 4.78 is 17.1. The number of hydrogen-bond acceptors (Lipinski definition) is 7. The number of aromatic amines is 1. The zero-order valence-corrected chi connectivity index (χ0v) is 18.1. The second-order valence-electron chi connectivity index (χ2n) is 7.21. The van der Waals surface area contributed by atoms with Crippen LogP contribution in [-0.2, 0) is 6.54 Å². The number of aromatic nitrogens is 4. The first kappa shape index (κ1) is 19.8. The summed E-state index contributed by atoms with van der Waals surface area (Å²) in [4.78, 5) is 11.7. The Morgan fingerprint density at radius 1 is 1.23 bits per heavy atom. The molecule has 0 atom stereocenters. The monoisotopic (exact) mass is 435 g/mol. The van der Waals surface area contributed by atoms with Crippen LogP contribution >= 0.6 is 11.9 Å². The molecule has 7 nitrogen and oxygen atoms in total. The molecule has 158 valence electrons. The Morgan fingerprint density at radius 3 is 2.97 bits per heavy atom. The third-order valence-corrected chi connectivity index (χ3v) is 6.52. The summed E-state index contributed by atoms with van der Waals surface area (Å²) in [7, 11) is 0. The van der Waals surface area contributed by atoms with Crippen molar-refractivity contribution in [1.29, 1.82) is 0 Å². The van der Waals surface area contributed by atoms with Crippen LogP contribution in [0.1, 0.15) is 19.4 Å². The van der Waals surface area contributed by atoms with Crippen molar-refractivity contribution in [2.75, 3.05) is 23.3 Å². The second-order valence-corrected chi connectivity index (χ2v) is 8.35.